The number of para-hydroxylation sites is 1. The zero-order valence-corrected chi connectivity index (χ0v) is 8.49. The standard InChI is InChI=1S/C9H11NO.C2H6/c1-3-10(11)9-7-5-4-6-8(9)2;1-2/h3-7,11H,1H2,2H3;1-2H3. The first-order valence-corrected chi connectivity index (χ1v) is 4.42. The fraction of sp³-hybridized carbons (Fsp3) is 0.273. The molecular formula is C11H17NO. The minimum atomic E-state index is 0.766. The monoisotopic (exact) mass is 179 g/mol. The quantitative estimate of drug-likeness (QED) is 0.704. The van der Waals surface area contributed by atoms with E-state index < -0.39 is 0 Å². The molecule has 0 aliphatic carbocycles. The molecule has 0 saturated carbocycles. The van der Waals surface area contributed by atoms with Crippen molar-refractivity contribution in [3.05, 3.63) is 42.6 Å². The predicted molar refractivity (Wildman–Crippen MR) is 57.0 cm³/mol. The van der Waals surface area contributed by atoms with E-state index in [2.05, 4.69) is 6.58 Å². The van der Waals surface area contributed by atoms with Crippen LogP contribution in [0.4, 0.5) is 5.69 Å². The predicted octanol–water partition coefficient (Wildman–Crippen LogP) is 3.36. The van der Waals surface area contributed by atoms with Gasteiger partial charge in [0.15, 0.2) is 0 Å². The third-order valence-electron chi connectivity index (χ3n) is 1.54. The van der Waals surface area contributed by atoms with Crippen LogP contribution in [-0.2, 0) is 0 Å². The molecule has 0 amide bonds. The third kappa shape index (κ3) is 3.30. The van der Waals surface area contributed by atoms with Crippen LogP contribution >= 0.6 is 0 Å². The van der Waals surface area contributed by atoms with Crippen LogP contribution in [0.3, 0.4) is 0 Å². The lowest BCUT2D eigenvalue weighted by Crippen LogP contribution is -2.09. The summed E-state index contributed by atoms with van der Waals surface area (Å²) < 4.78 is 0. The van der Waals surface area contributed by atoms with Gasteiger partial charge in [-0.2, -0.15) is 0 Å². The Hall–Kier alpha value is -1.28. The van der Waals surface area contributed by atoms with E-state index in [1.54, 1.807) is 0 Å². The highest BCUT2D eigenvalue weighted by atomic mass is 16.5. The minimum Gasteiger partial charge on any atom is -0.284 e. The zero-order chi connectivity index (χ0) is 10.3. The zero-order valence-electron chi connectivity index (χ0n) is 8.49. The SMILES string of the molecule is C=CN(O)c1ccccc1C.CC. The summed E-state index contributed by atoms with van der Waals surface area (Å²) in [5, 5.41) is 10.2. The first-order chi connectivity index (χ1) is 6.25. The lowest BCUT2D eigenvalue weighted by atomic mass is 10.2. The molecular weight excluding hydrogens is 162 g/mol. The highest BCUT2D eigenvalue weighted by Gasteiger charge is 1.99. The van der Waals surface area contributed by atoms with Crippen molar-refractivity contribution in [3.63, 3.8) is 0 Å². The van der Waals surface area contributed by atoms with Gasteiger partial charge < -0.3 is 0 Å². The van der Waals surface area contributed by atoms with Crippen molar-refractivity contribution in [1.29, 1.82) is 0 Å². The van der Waals surface area contributed by atoms with Crippen LogP contribution in [0.5, 0.6) is 0 Å². The number of benzene rings is 1. The van der Waals surface area contributed by atoms with Crippen molar-refractivity contribution >= 4 is 5.69 Å². The molecule has 0 fully saturated rings. The van der Waals surface area contributed by atoms with Gasteiger partial charge >= 0.3 is 0 Å². The number of nitrogens with zero attached hydrogens (tertiary/aromatic N) is 1. The molecule has 0 aliphatic heterocycles. The molecule has 0 radical (unpaired) electrons. The number of hydrogen-bond acceptors (Lipinski definition) is 2. The Kier molecular flexibility index (Phi) is 5.64. The largest absolute Gasteiger partial charge is 0.284 e. The molecule has 1 N–H and O–H groups in total. The average molecular weight is 179 g/mol. The second-order valence-corrected chi connectivity index (χ2v) is 2.31. The summed E-state index contributed by atoms with van der Waals surface area (Å²) in [5.74, 6) is 0. The van der Waals surface area contributed by atoms with Crippen LogP contribution in [0.1, 0.15) is 19.4 Å². The lowest BCUT2D eigenvalue weighted by Gasteiger charge is -2.12. The molecule has 0 heterocycles. The second kappa shape index (κ2) is 6.26. The number of anilines is 1. The van der Waals surface area contributed by atoms with Gasteiger partial charge in [-0.15, -0.1) is 0 Å². The van der Waals surface area contributed by atoms with Crippen LogP contribution in [0.15, 0.2) is 37.0 Å². The normalized spacial score (nSPS) is 8.31. The Labute approximate surface area is 80.1 Å². The van der Waals surface area contributed by atoms with Crippen LogP contribution in [0.25, 0.3) is 0 Å². The van der Waals surface area contributed by atoms with E-state index in [4.69, 9.17) is 0 Å². The molecule has 2 heteroatoms. The van der Waals surface area contributed by atoms with Crippen molar-refractivity contribution in [2.45, 2.75) is 20.8 Å². The highest BCUT2D eigenvalue weighted by molar-refractivity contribution is 5.52. The lowest BCUT2D eigenvalue weighted by molar-refractivity contribution is 0.296. The summed E-state index contributed by atoms with van der Waals surface area (Å²) in [7, 11) is 0. The number of aryl methyl sites for hydroxylation is 1. The van der Waals surface area contributed by atoms with Gasteiger partial charge in [-0.25, -0.2) is 5.06 Å². The molecule has 0 unspecified atom stereocenters. The Bertz CT molecular complexity index is 258. The summed E-state index contributed by atoms with van der Waals surface area (Å²) in [5.41, 5.74) is 1.79. The summed E-state index contributed by atoms with van der Waals surface area (Å²) in [6, 6.07) is 7.56. The molecule has 1 rings (SSSR count). The average Bonchev–Trinajstić information content (AvgIpc) is 2.20. The topological polar surface area (TPSA) is 23.5 Å². The van der Waals surface area contributed by atoms with Gasteiger partial charge in [0, 0.05) is 6.20 Å². The summed E-state index contributed by atoms with van der Waals surface area (Å²) in [6.45, 7) is 9.39. The first kappa shape index (κ1) is 11.7. The van der Waals surface area contributed by atoms with Gasteiger partial charge in [0.05, 0.1) is 5.69 Å². The van der Waals surface area contributed by atoms with Gasteiger partial charge in [0.25, 0.3) is 0 Å². The summed E-state index contributed by atoms with van der Waals surface area (Å²) in [6.07, 6.45) is 1.36. The molecule has 0 saturated heterocycles. The molecule has 72 valence electrons. The smallest absolute Gasteiger partial charge is 0.0714 e. The number of hydroxylamine groups is 1. The second-order valence-electron chi connectivity index (χ2n) is 2.31. The Morgan fingerprint density at radius 2 is 1.85 bits per heavy atom. The van der Waals surface area contributed by atoms with Crippen molar-refractivity contribution < 1.29 is 5.21 Å². The van der Waals surface area contributed by atoms with Crippen molar-refractivity contribution in [1.82, 2.24) is 0 Å². The summed E-state index contributed by atoms with van der Waals surface area (Å²) in [4.78, 5) is 0. The van der Waals surface area contributed by atoms with E-state index in [1.165, 1.54) is 6.20 Å². The number of rotatable bonds is 2. The minimum absolute atomic E-state index is 0.766. The van der Waals surface area contributed by atoms with Gasteiger partial charge in [0.2, 0.25) is 0 Å². The molecule has 0 spiro atoms. The van der Waals surface area contributed by atoms with Crippen LogP contribution in [0.2, 0.25) is 0 Å². The van der Waals surface area contributed by atoms with Gasteiger partial charge in [-0.3, -0.25) is 5.21 Å². The van der Waals surface area contributed by atoms with E-state index in [-0.39, 0.29) is 0 Å². The summed E-state index contributed by atoms with van der Waals surface area (Å²) >= 11 is 0. The molecule has 0 aromatic heterocycles. The van der Waals surface area contributed by atoms with Crippen molar-refractivity contribution in [3.8, 4) is 0 Å². The maximum Gasteiger partial charge on any atom is 0.0714 e. The fourth-order valence-corrected chi connectivity index (χ4v) is 0.919. The van der Waals surface area contributed by atoms with Gasteiger partial charge in [0.1, 0.15) is 0 Å². The fourth-order valence-electron chi connectivity index (χ4n) is 0.919. The van der Waals surface area contributed by atoms with E-state index in [0.29, 0.717) is 0 Å². The molecule has 0 atom stereocenters. The molecule has 0 bridgehead atoms. The van der Waals surface area contributed by atoms with E-state index in [9.17, 15) is 5.21 Å². The Morgan fingerprint density at radius 1 is 1.31 bits per heavy atom. The molecule has 13 heavy (non-hydrogen) atoms. The van der Waals surface area contributed by atoms with Crippen LogP contribution in [-0.4, -0.2) is 5.21 Å². The Morgan fingerprint density at radius 3 is 2.31 bits per heavy atom. The number of hydrogen-bond donors (Lipinski definition) is 1. The molecule has 0 aliphatic rings. The van der Waals surface area contributed by atoms with Crippen LogP contribution in [0, 0.1) is 6.92 Å². The highest BCUT2D eigenvalue weighted by Crippen LogP contribution is 2.16. The molecule has 2 nitrogen and oxygen atoms in total. The van der Waals surface area contributed by atoms with E-state index in [0.717, 1.165) is 16.3 Å². The van der Waals surface area contributed by atoms with Crippen molar-refractivity contribution in [2.24, 2.45) is 0 Å². The maximum absolute atomic E-state index is 9.23. The molecule has 1 aromatic rings. The van der Waals surface area contributed by atoms with Gasteiger partial charge in [-0.1, -0.05) is 38.6 Å². The van der Waals surface area contributed by atoms with Crippen molar-refractivity contribution in [2.75, 3.05) is 5.06 Å². The van der Waals surface area contributed by atoms with Crippen LogP contribution < -0.4 is 5.06 Å². The van der Waals surface area contributed by atoms with Gasteiger partial charge in [-0.05, 0) is 18.6 Å². The van der Waals surface area contributed by atoms with E-state index in [1.807, 2.05) is 45.0 Å². The Balaban J connectivity index is 0.000000671. The maximum atomic E-state index is 9.23. The third-order valence-corrected chi connectivity index (χ3v) is 1.54. The first-order valence-electron chi connectivity index (χ1n) is 4.42. The van der Waals surface area contributed by atoms with E-state index >= 15 is 0 Å². The molecule has 1 aromatic carbocycles.